The van der Waals surface area contributed by atoms with Crippen LogP contribution in [0.5, 0.6) is 5.75 Å². The largest absolute Gasteiger partial charge is 0.489 e. The minimum atomic E-state index is -0.720. The second kappa shape index (κ2) is 12.6. The van der Waals surface area contributed by atoms with Crippen LogP contribution >= 0.6 is 0 Å². The molecule has 174 valence electrons. The van der Waals surface area contributed by atoms with Crippen LogP contribution in [0.4, 0.5) is 0 Å². The van der Waals surface area contributed by atoms with Crippen molar-refractivity contribution >= 4 is 16.7 Å². The summed E-state index contributed by atoms with van der Waals surface area (Å²) in [4.78, 5) is 13.3. The number of aliphatic carboxylic acids is 1. The topological polar surface area (TPSA) is 61.8 Å². The first-order valence-corrected chi connectivity index (χ1v) is 12.0. The Hall–Kier alpha value is -2.37. The standard InChI is InChI=1S/C27H38N2O3/c1-21(2)29-17-15-24(16-18-29)28-19-22(9-4-3-5-14-27(30)31)20-32-26-13-8-11-23-10-6-7-12-25(23)26/h6-13,21,24,28H,3-5,14-20H2,1-2H3,(H,30,31). The number of ether oxygens (including phenoxy) is 1. The lowest BCUT2D eigenvalue weighted by molar-refractivity contribution is -0.137. The first kappa shape index (κ1) is 24.3. The summed E-state index contributed by atoms with van der Waals surface area (Å²) in [7, 11) is 0. The lowest BCUT2D eigenvalue weighted by atomic mass is 10.0. The zero-order valence-corrected chi connectivity index (χ0v) is 19.6. The molecule has 1 fully saturated rings. The maximum Gasteiger partial charge on any atom is 0.303 e. The maximum absolute atomic E-state index is 10.8. The summed E-state index contributed by atoms with van der Waals surface area (Å²) in [6.45, 7) is 8.19. The van der Waals surface area contributed by atoms with E-state index in [1.54, 1.807) is 0 Å². The minimum absolute atomic E-state index is 0.238. The molecule has 1 heterocycles. The molecule has 0 unspecified atom stereocenters. The number of carboxylic acids is 1. The first-order chi connectivity index (χ1) is 15.5. The van der Waals surface area contributed by atoms with Crippen molar-refractivity contribution in [2.75, 3.05) is 26.2 Å². The van der Waals surface area contributed by atoms with Gasteiger partial charge in [-0.15, -0.1) is 0 Å². The van der Waals surface area contributed by atoms with E-state index in [4.69, 9.17) is 9.84 Å². The highest BCUT2D eigenvalue weighted by molar-refractivity contribution is 5.88. The molecule has 5 heteroatoms. The quantitative estimate of drug-likeness (QED) is 0.350. The monoisotopic (exact) mass is 438 g/mol. The van der Waals surface area contributed by atoms with Crippen LogP contribution in [0.3, 0.4) is 0 Å². The summed E-state index contributed by atoms with van der Waals surface area (Å²) in [5.41, 5.74) is 1.24. The predicted octanol–water partition coefficient (Wildman–Crippen LogP) is 5.25. The zero-order chi connectivity index (χ0) is 22.8. The van der Waals surface area contributed by atoms with Crippen LogP contribution < -0.4 is 10.1 Å². The van der Waals surface area contributed by atoms with Gasteiger partial charge < -0.3 is 20.1 Å². The molecular formula is C27H38N2O3. The van der Waals surface area contributed by atoms with E-state index < -0.39 is 5.97 Å². The highest BCUT2D eigenvalue weighted by Crippen LogP contribution is 2.25. The molecule has 1 aliphatic heterocycles. The fraction of sp³-hybridized carbons (Fsp3) is 0.519. The number of carboxylic acid groups (broad SMARTS) is 1. The Morgan fingerprint density at radius 2 is 1.91 bits per heavy atom. The van der Waals surface area contributed by atoms with E-state index in [1.807, 2.05) is 24.3 Å². The smallest absolute Gasteiger partial charge is 0.303 e. The van der Waals surface area contributed by atoms with E-state index in [-0.39, 0.29) is 6.42 Å². The van der Waals surface area contributed by atoms with Crippen molar-refractivity contribution in [2.45, 2.75) is 64.5 Å². The third kappa shape index (κ3) is 7.64. The molecule has 0 atom stereocenters. The van der Waals surface area contributed by atoms with Gasteiger partial charge in [0.25, 0.3) is 0 Å². The Bertz CT molecular complexity index is 880. The van der Waals surface area contributed by atoms with Gasteiger partial charge in [0.1, 0.15) is 12.4 Å². The number of hydrogen-bond acceptors (Lipinski definition) is 4. The van der Waals surface area contributed by atoms with Crippen LogP contribution in [0, 0.1) is 0 Å². The summed E-state index contributed by atoms with van der Waals surface area (Å²) in [5.74, 6) is 0.188. The number of nitrogens with zero attached hydrogens (tertiary/aromatic N) is 1. The van der Waals surface area contributed by atoms with Crippen molar-refractivity contribution in [1.29, 1.82) is 0 Å². The molecule has 2 aromatic rings. The van der Waals surface area contributed by atoms with E-state index in [2.05, 4.69) is 48.3 Å². The van der Waals surface area contributed by atoms with Gasteiger partial charge in [0, 0.05) is 30.4 Å². The number of rotatable bonds is 12. The Kier molecular flexibility index (Phi) is 9.57. The summed E-state index contributed by atoms with van der Waals surface area (Å²) >= 11 is 0. The van der Waals surface area contributed by atoms with Gasteiger partial charge in [0.15, 0.2) is 0 Å². The number of unbranched alkanes of at least 4 members (excludes halogenated alkanes) is 2. The third-order valence-corrected chi connectivity index (χ3v) is 6.32. The fourth-order valence-electron chi connectivity index (χ4n) is 4.30. The van der Waals surface area contributed by atoms with Gasteiger partial charge in [-0.3, -0.25) is 4.79 Å². The first-order valence-electron chi connectivity index (χ1n) is 12.0. The Morgan fingerprint density at radius 1 is 1.16 bits per heavy atom. The summed E-state index contributed by atoms with van der Waals surface area (Å²) in [6.07, 6.45) is 7.31. The van der Waals surface area contributed by atoms with Crippen molar-refractivity contribution in [3.63, 3.8) is 0 Å². The summed E-state index contributed by atoms with van der Waals surface area (Å²) < 4.78 is 6.25. The second-order valence-corrected chi connectivity index (χ2v) is 9.05. The average Bonchev–Trinajstić information content (AvgIpc) is 2.80. The molecule has 0 bridgehead atoms. The Labute approximate surface area is 192 Å². The maximum atomic E-state index is 10.8. The molecule has 0 radical (unpaired) electrons. The van der Waals surface area contributed by atoms with E-state index >= 15 is 0 Å². The molecule has 1 aliphatic rings. The molecule has 0 saturated carbocycles. The Balaban J connectivity index is 1.57. The summed E-state index contributed by atoms with van der Waals surface area (Å²) in [6, 6.07) is 15.6. The third-order valence-electron chi connectivity index (χ3n) is 6.32. The van der Waals surface area contributed by atoms with Gasteiger partial charge in [-0.2, -0.15) is 0 Å². The molecular weight excluding hydrogens is 400 g/mol. The Morgan fingerprint density at radius 3 is 2.66 bits per heavy atom. The van der Waals surface area contributed by atoms with Gasteiger partial charge in [-0.05, 0) is 76.1 Å². The minimum Gasteiger partial charge on any atom is -0.489 e. The second-order valence-electron chi connectivity index (χ2n) is 9.05. The van der Waals surface area contributed by atoms with E-state index in [1.165, 1.54) is 23.8 Å². The van der Waals surface area contributed by atoms with Crippen molar-refractivity contribution < 1.29 is 14.6 Å². The molecule has 3 rings (SSSR count). The number of piperidine rings is 1. The average molecular weight is 439 g/mol. The van der Waals surface area contributed by atoms with E-state index in [0.29, 0.717) is 25.1 Å². The molecule has 32 heavy (non-hydrogen) atoms. The molecule has 0 aromatic heterocycles. The fourth-order valence-corrected chi connectivity index (χ4v) is 4.30. The van der Waals surface area contributed by atoms with Crippen LogP contribution in [0.1, 0.15) is 52.4 Å². The van der Waals surface area contributed by atoms with Gasteiger partial charge in [-0.25, -0.2) is 0 Å². The van der Waals surface area contributed by atoms with Crippen molar-refractivity contribution in [3.05, 3.63) is 54.1 Å². The molecule has 0 amide bonds. The number of likely N-dealkylation sites (tertiary alicyclic amines) is 1. The number of carbonyl (C=O) groups is 1. The normalized spacial score (nSPS) is 16.0. The zero-order valence-electron chi connectivity index (χ0n) is 19.6. The highest BCUT2D eigenvalue weighted by Gasteiger charge is 2.20. The molecule has 2 N–H and O–H groups in total. The van der Waals surface area contributed by atoms with Gasteiger partial charge in [-0.1, -0.05) is 42.5 Å². The predicted molar refractivity (Wildman–Crippen MR) is 131 cm³/mol. The number of benzene rings is 2. The molecule has 1 saturated heterocycles. The number of nitrogens with one attached hydrogen (secondary N) is 1. The molecule has 5 nitrogen and oxygen atoms in total. The van der Waals surface area contributed by atoms with Gasteiger partial charge >= 0.3 is 5.97 Å². The molecule has 0 spiro atoms. The van der Waals surface area contributed by atoms with Gasteiger partial charge in [0.05, 0.1) is 0 Å². The highest BCUT2D eigenvalue weighted by atomic mass is 16.5. The van der Waals surface area contributed by atoms with E-state index in [9.17, 15) is 4.79 Å². The number of allylic oxidation sites excluding steroid dienone is 1. The number of hydrogen-bond donors (Lipinski definition) is 2. The lowest BCUT2D eigenvalue weighted by Gasteiger charge is -2.35. The van der Waals surface area contributed by atoms with Crippen molar-refractivity contribution in [3.8, 4) is 5.75 Å². The van der Waals surface area contributed by atoms with Crippen molar-refractivity contribution in [2.24, 2.45) is 0 Å². The molecule has 0 aliphatic carbocycles. The van der Waals surface area contributed by atoms with Crippen LogP contribution in [0.15, 0.2) is 54.1 Å². The lowest BCUT2D eigenvalue weighted by Crippen LogP contribution is -2.45. The van der Waals surface area contributed by atoms with Crippen molar-refractivity contribution in [1.82, 2.24) is 10.2 Å². The number of fused-ring (bicyclic) bond motifs is 1. The van der Waals surface area contributed by atoms with Crippen LogP contribution in [-0.2, 0) is 4.79 Å². The van der Waals surface area contributed by atoms with E-state index in [0.717, 1.165) is 43.6 Å². The summed E-state index contributed by atoms with van der Waals surface area (Å²) in [5, 5.41) is 14.9. The van der Waals surface area contributed by atoms with Gasteiger partial charge in [0.2, 0.25) is 0 Å². The van der Waals surface area contributed by atoms with Crippen LogP contribution in [0.25, 0.3) is 10.8 Å². The van der Waals surface area contributed by atoms with Crippen LogP contribution in [-0.4, -0.2) is 54.3 Å². The molecule has 2 aromatic carbocycles. The SMILES string of the molecule is CC(C)N1CCC(NCC(=CCCCCC(=O)O)COc2cccc3ccccc23)CC1. The van der Waals surface area contributed by atoms with Crippen LogP contribution in [0.2, 0.25) is 0 Å².